The Morgan fingerprint density at radius 1 is 1.62 bits per heavy atom. The van der Waals surface area contributed by atoms with Crippen LogP contribution in [0, 0.1) is 5.82 Å². The molecule has 0 amide bonds. The quantitative estimate of drug-likeness (QED) is 0.661. The summed E-state index contributed by atoms with van der Waals surface area (Å²) in [6, 6.07) is 2.21. The number of hydrogen-bond donors (Lipinski definition) is 1. The van der Waals surface area contributed by atoms with Crippen LogP contribution in [0.1, 0.15) is 10.4 Å². The Bertz CT molecular complexity index is 354. The fourth-order valence-corrected chi connectivity index (χ4v) is 1.44. The Kier molecular flexibility index (Phi) is 3.27. The first-order valence-electron chi connectivity index (χ1n) is 3.33. The maximum absolute atomic E-state index is 13.2. The van der Waals surface area contributed by atoms with Gasteiger partial charge >= 0.3 is 0 Å². The Morgan fingerprint density at radius 3 is 2.77 bits per heavy atom. The third-order valence-electron chi connectivity index (χ3n) is 1.43. The van der Waals surface area contributed by atoms with E-state index in [1.54, 1.807) is 0 Å². The van der Waals surface area contributed by atoms with Gasteiger partial charge in [0.05, 0.1) is 15.9 Å². The Labute approximate surface area is 87.5 Å². The lowest BCUT2D eigenvalue weighted by Gasteiger charge is -2.02. The minimum atomic E-state index is -0.705. The molecule has 0 aliphatic heterocycles. The van der Waals surface area contributed by atoms with Gasteiger partial charge in [-0.1, -0.05) is 0 Å². The molecular formula is C8H5BrClFO2. The van der Waals surface area contributed by atoms with E-state index in [4.69, 9.17) is 16.7 Å². The molecule has 0 heterocycles. The van der Waals surface area contributed by atoms with Crippen LogP contribution in [-0.2, 0) is 0 Å². The zero-order valence-electron chi connectivity index (χ0n) is 6.35. The van der Waals surface area contributed by atoms with Gasteiger partial charge in [0.25, 0.3) is 0 Å². The van der Waals surface area contributed by atoms with E-state index in [0.29, 0.717) is 0 Å². The molecule has 0 fully saturated rings. The highest BCUT2D eigenvalue weighted by molar-refractivity contribution is 9.10. The van der Waals surface area contributed by atoms with Crippen LogP contribution in [0.5, 0.6) is 5.75 Å². The molecule has 0 aliphatic rings. The summed E-state index contributed by atoms with van der Waals surface area (Å²) in [4.78, 5) is 11.0. The van der Waals surface area contributed by atoms with Crippen molar-refractivity contribution in [2.45, 2.75) is 0 Å². The molecule has 2 nitrogen and oxygen atoms in total. The summed E-state index contributed by atoms with van der Waals surface area (Å²) in [5.74, 6) is -1.76. The van der Waals surface area contributed by atoms with Crippen molar-refractivity contribution in [1.29, 1.82) is 0 Å². The number of Topliss-reactive ketones (excluding diaryl/α,β-unsaturated/α-hetero) is 1. The molecule has 0 unspecified atom stereocenters. The van der Waals surface area contributed by atoms with Gasteiger partial charge in [-0.05, 0) is 28.1 Å². The number of ketones is 1. The fourth-order valence-electron chi connectivity index (χ4n) is 0.850. The van der Waals surface area contributed by atoms with Gasteiger partial charge in [0.1, 0.15) is 11.6 Å². The van der Waals surface area contributed by atoms with Crippen molar-refractivity contribution in [1.82, 2.24) is 0 Å². The molecular weight excluding hydrogens is 262 g/mol. The molecule has 0 spiro atoms. The van der Waals surface area contributed by atoms with Gasteiger partial charge in [-0.3, -0.25) is 4.79 Å². The average Bonchev–Trinajstić information content (AvgIpc) is 2.10. The number of alkyl halides is 1. The average molecular weight is 267 g/mol. The number of halogens is 3. The number of aromatic hydroxyl groups is 1. The lowest BCUT2D eigenvalue weighted by atomic mass is 10.1. The topological polar surface area (TPSA) is 37.3 Å². The molecule has 5 heteroatoms. The highest BCUT2D eigenvalue weighted by atomic mass is 79.9. The minimum absolute atomic E-state index is 0.0426. The Balaban J connectivity index is 3.28. The molecule has 1 N–H and O–H groups in total. The van der Waals surface area contributed by atoms with Crippen LogP contribution in [0.3, 0.4) is 0 Å². The van der Waals surface area contributed by atoms with Crippen molar-refractivity contribution < 1.29 is 14.3 Å². The highest BCUT2D eigenvalue weighted by Gasteiger charge is 2.14. The summed E-state index contributed by atoms with van der Waals surface area (Å²) >= 11 is 8.11. The number of phenols is 1. The molecule has 1 aromatic carbocycles. The number of rotatable bonds is 2. The molecule has 1 rings (SSSR count). The summed E-state index contributed by atoms with van der Waals surface area (Å²) in [5.41, 5.74) is -0.207. The molecule has 0 atom stereocenters. The van der Waals surface area contributed by atoms with Crippen LogP contribution in [-0.4, -0.2) is 16.8 Å². The summed E-state index contributed by atoms with van der Waals surface area (Å²) in [7, 11) is 0. The predicted molar refractivity (Wildman–Crippen MR) is 50.8 cm³/mol. The minimum Gasteiger partial charge on any atom is -0.508 e. The molecule has 70 valence electrons. The van der Waals surface area contributed by atoms with E-state index in [2.05, 4.69) is 15.9 Å². The second-order valence-corrected chi connectivity index (χ2v) is 3.47. The highest BCUT2D eigenvalue weighted by Crippen LogP contribution is 2.25. The number of hydrogen-bond acceptors (Lipinski definition) is 2. The van der Waals surface area contributed by atoms with E-state index in [9.17, 15) is 9.18 Å². The number of carbonyl (C=O) groups excluding carboxylic acids is 1. The predicted octanol–water partition coefficient (Wildman–Crippen LogP) is 2.72. The van der Waals surface area contributed by atoms with Crippen LogP contribution in [0.2, 0.25) is 0 Å². The smallest absolute Gasteiger partial charge is 0.180 e. The van der Waals surface area contributed by atoms with E-state index in [0.717, 1.165) is 6.07 Å². The van der Waals surface area contributed by atoms with Crippen LogP contribution >= 0.6 is 27.5 Å². The summed E-state index contributed by atoms with van der Waals surface area (Å²) in [6.45, 7) is 0. The van der Waals surface area contributed by atoms with Gasteiger partial charge in [0, 0.05) is 0 Å². The van der Waals surface area contributed by atoms with Crippen molar-refractivity contribution in [3.05, 3.63) is 28.0 Å². The van der Waals surface area contributed by atoms with Crippen molar-refractivity contribution in [3.63, 3.8) is 0 Å². The van der Waals surface area contributed by atoms with Crippen LogP contribution in [0.4, 0.5) is 4.39 Å². The van der Waals surface area contributed by atoms with Gasteiger partial charge in [-0.15, -0.1) is 11.6 Å². The standard InChI is InChI=1S/C8H5BrClFO2/c9-6-2-4(12)1-5(8(6)11)7(13)3-10/h1-2,12H,3H2. The summed E-state index contributed by atoms with van der Waals surface area (Å²) in [5, 5.41) is 9.07. The van der Waals surface area contributed by atoms with E-state index < -0.39 is 11.6 Å². The lowest BCUT2D eigenvalue weighted by molar-refractivity contribution is 0.101. The maximum Gasteiger partial charge on any atom is 0.180 e. The van der Waals surface area contributed by atoms with Gasteiger partial charge in [0.2, 0.25) is 0 Å². The van der Waals surface area contributed by atoms with Crippen LogP contribution in [0.15, 0.2) is 16.6 Å². The van der Waals surface area contributed by atoms with E-state index in [1.807, 2.05) is 0 Å². The summed E-state index contributed by atoms with van der Waals surface area (Å²) in [6.07, 6.45) is 0. The Hall–Kier alpha value is -0.610. The van der Waals surface area contributed by atoms with Gasteiger partial charge in [0.15, 0.2) is 5.78 Å². The van der Waals surface area contributed by atoms with Gasteiger partial charge in [-0.2, -0.15) is 0 Å². The van der Waals surface area contributed by atoms with Gasteiger partial charge in [-0.25, -0.2) is 4.39 Å². The number of phenolic OH excluding ortho intramolecular Hbond substituents is 1. The van der Waals surface area contributed by atoms with Crippen molar-refractivity contribution in [2.75, 3.05) is 5.88 Å². The SMILES string of the molecule is O=C(CCl)c1cc(O)cc(Br)c1F. The van der Waals surface area contributed by atoms with Crippen molar-refractivity contribution >= 4 is 33.3 Å². The number of carbonyl (C=O) groups is 1. The van der Waals surface area contributed by atoms with E-state index >= 15 is 0 Å². The van der Waals surface area contributed by atoms with Crippen molar-refractivity contribution in [3.8, 4) is 5.75 Å². The fraction of sp³-hybridized carbons (Fsp3) is 0.125. The molecule has 0 saturated heterocycles. The monoisotopic (exact) mass is 266 g/mol. The van der Waals surface area contributed by atoms with Crippen LogP contribution < -0.4 is 0 Å². The lowest BCUT2D eigenvalue weighted by Crippen LogP contribution is -2.03. The molecule has 1 aromatic rings. The van der Waals surface area contributed by atoms with E-state index in [-0.39, 0.29) is 21.7 Å². The first-order chi connectivity index (χ1) is 6.06. The second-order valence-electron chi connectivity index (χ2n) is 2.35. The number of benzene rings is 1. The maximum atomic E-state index is 13.2. The zero-order valence-corrected chi connectivity index (χ0v) is 8.69. The van der Waals surface area contributed by atoms with Crippen LogP contribution in [0.25, 0.3) is 0 Å². The molecule has 0 saturated carbocycles. The largest absolute Gasteiger partial charge is 0.508 e. The third-order valence-corrected chi connectivity index (χ3v) is 2.25. The van der Waals surface area contributed by atoms with Crippen molar-refractivity contribution in [2.24, 2.45) is 0 Å². The molecule has 13 heavy (non-hydrogen) atoms. The second kappa shape index (κ2) is 4.07. The molecule has 0 radical (unpaired) electrons. The Morgan fingerprint density at radius 2 is 2.23 bits per heavy atom. The first kappa shape index (κ1) is 10.5. The zero-order chi connectivity index (χ0) is 10.0. The van der Waals surface area contributed by atoms with Gasteiger partial charge < -0.3 is 5.11 Å². The molecule has 0 bridgehead atoms. The summed E-state index contributed by atoms with van der Waals surface area (Å²) < 4.78 is 13.2. The third kappa shape index (κ3) is 2.19. The van der Waals surface area contributed by atoms with E-state index in [1.165, 1.54) is 6.07 Å². The normalized spacial score (nSPS) is 10.1. The molecule has 0 aromatic heterocycles. The first-order valence-corrected chi connectivity index (χ1v) is 4.66. The molecule has 0 aliphatic carbocycles.